The lowest BCUT2D eigenvalue weighted by molar-refractivity contribution is 0.475. The van der Waals surface area contributed by atoms with E-state index in [2.05, 4.69) is 6.07 Å². The normalized spacial score (nSPS) is 16.1. The molecule has 100 valence electrons. The van der Waals surface area contributed by atoms with Crippen LogP contribution in [0.25, 0.3) is 10.4 Å². The van der Waals surface area contributed by atoms with Crippen LogP contribution in [0.4, 0.5) is 0 Å². The summed E-state index contributed by atoms with van der Waals surface area (Å²) >= 11 is 7.84. The average molecular weight is 293 g/mol. The van der Waals surface area contributed by atoms with Crippen molar-refractivity contribution in [2.24, 2.45) is 5.92 Å². The van der Waals surface area contributed by atoms with Crippen LogP contribution in [0.2, 0.25) is 4.34 Å². The van der Waals surface area contributed by atoms with Gasteiger partial charge in [0.25, 0.3) is 0 Å². The van der Waals surface area contributed by atoms with Crippen LogP contribution >= 0.6 is 22.9 Å². The van der Waals surface area contributed by atoms with E-state index >= 15 is 0 Å². The van der Waals surface area contributed by atoms with Crippen molar-refractivity contribution < 1.29 is 5.11 Å². The van der Waals surface area contributed by atoms with E-state index in [4.69, 9.17) is 11.6 Å². The standard InChI is InChI=1S/C16H17ClOS/c17-15-10-13(9-11-3-1-2-4-11)16(19-15)12-5-7-14(18)8-6-12/h5-8,10-11,18H,1-4,9H2. The molecule has 0 aliphatic heterocycles. The third kappa shape index (κ3) is 2.96. The second-order valence-corrected chi connectivity index (χ2v) is 6.99. The van der Waals surface area contributed by atoms with E-state index in [0.29, 0.717) is 5.75 Å². The average Bonchev–Trinajstić information content (AvgIpc) is 3.01. The van der Waals surface area contributed by atoms with Gasteiger partial charge in [0.2, 0.25) is 0 Å². The number of halogens is 1. The van der Waals surface area contributed by atoms with E-state index in [1.54, 1.807) is 23.5 Å². The molecule has 1 aliphatic carbocycles. The zero-order valence-electron chi connectivity index (χ0n) is 10.7. The van der Waals surface area contributed by atoms with Crippen molar-refractivity contribution in [2.45, 2.75) is 32.1 Å². The molecule has 19 heavy (non-hydrogen) atoms. The fraction of sp³-hybridized carbons (Fsp3) is 0.375. The Morgan fingerprint density at radius 2 is 1.84 bits per heavy atom. The van der Waals surface area contributed by atoms with Gasteiger partial charge in [-0.1, -0.05) is 37.3 Å². The van der Waals surface area contributed by atoms with Gasteiger partial charge in [0.1, 0.15) is 5.75 Å². The van der Waals surface area contributed by atoms with E-state index in [-0.39, 0.29) is 0 Å². The predicted molar refractivity (Wildman–Crippen MR) is 82.1 cm³/mol. The molecule has 1 saturated carbocycles. The summed E-state index contributed by atoms with van der Waals surface area (Å²) in [5, 5.41) is 9.39. The Labute approximate surface area is 122 Å². The minimum absolute atomic E-state index is 0.309. The summed E-state index contributed by atoms with van der Waals surface area (Å²) in [6.07, 6.45) is 6.58. The van der Waals surface area contributed by atoms with Crippen molar-refractivity contribution >= 4 is 22.9 Å². The summed E-state index contributed by atoms with van der Waals surface area (Å²) in [5.41, 5.74) is 2.52. The van der Waals surface area contributed by atoms with Crippen LogP contribution in [0, 0.1) is 5.92 Å². The maximum atomic E-state index is 9.39. The van der Waals surface area contributed by atoms with Crippen LogP contribution in [-0.2, 0) is 6.42 Å². The van der Waals surface area contributed by atoms with Crippen LogP contribution in [0.15, 0.2) is 30.3 Å². The van der Waals surface area contributed by atoms with Crippen LogP contribution < -0.4 is 0 Å². The highest BCUT2D eigenvalue weighted by atomic mass is 35.5. The summed E-state index contributed by atoms with van der Waals surface area (Å²) in [7, 11) is 0. The van der Waals surface area contributed by atoms with E-state index < -0.39 is 0 Å². The third-order valence-corrected chi connectivity index (χ3v) is 5.25. The van der Waals surface area contributed by atoms with Gasteiger partial charge in [0, 0.05) is 4.88 Å². The van der Waals surface area contributed by atoms with Crippen molar-refractivity contribution in [2.75, 3.05) is 0 Å². The first-order valence-electron chi connectivity index (χ1n) is 6.80. The van der Waals surface area contributed by atoms with Gasteiger partial charge in [-0.2, -0.15) is 0 Å². The van der Waals surface area contributed by atoms with Crippen molar-refractivity contribution in [1.82, 2.24) is 0 Å². The van der Waals surface area contributed by atoms with Crippen molar-refractivity contribution in [3.05, 3.63) is 40.2 Å². The number of hydrogen-bond acceptors (Lipinski definition) is 2. The number of phenolic OH excluding ortho intramolecular Hbond substituents is 1. The van der Waals surface area contributed by atoms with Crippen LogP contribution in [-0.4, -0.2) is 5.11 Å². The van der Waals surface area contributed by atoms with Gasteiger partial charge in [-0.25, -0.2) is 0 Å². The number of aromatic hydroxyl groups is 1. The minimum atomic E-state index is 0.309. The summed E-state index contributed by atoms with van der Waals surface area (Å²) in [6, 6.07) is 9.53. The molecule has 0 saturated heterocycles. The molecule has 1 aromatic carbocycles. The molecule has 1 fully saturated rings. The number of phenols is 1. The first-order chi connectivity index (χ1) is 9.22. The highest BCUT2D eigenvalue weighted by Crippen LogP contribution is 2.39. The fourth-order valence-corrected chi connectivity index (χ4v) is 4.22. The summed E-state index contributed by atoms with van der Waals surface area (Å²) in [4.78, 5) is 1.26. The van der Waals surface area contributed by atoms with Crippen LogP contribution in [0.5, 0.6) is 5.75 Å². The summed E-state index contributed by atoms with van der Waals surface area (Å²) in [5.74, 6) is 1.13. The molecule has 0 radical (unpaired) electrons. The Balaban J connectivity index is 1.89. The van der Waals surface area contributed by atoms with Gasteiger partial charge in [0.05, 0.1) is 4.34 Å². The fourth-order valence-electron chi connectivity index (χ4n) is 2.93. The third-order valence-electron chi connectivity index (χ3n) is 3.89. The first kappa shape index (κ1) is 13.0. The Morgan fingerprint density at radius 3 is 2.53 bits per heavy atom. The molecule has 3 rings (SSSR count). The lowest BCUT2D eigenvalue weighted by Gasteiger charge is -2.09. The SMILES string of the molecule is Oc1ccc(-c2sc(Cl)cc2CC2CCCC2)cc1. The molecule has 1 aromatic heterocycles. The van der Waals surface area contributed by atoms with Gasteiger partial charge < -0.3 is 5.11 Å². The lowest BCUT2D eigenvalue weighted by Crippen LogP contribution is -1.98. The Morgan fingerprint density at radius 1 is 1.16 bits per heavy atom. The van der Waals surface area contributed by atoms with E-state index in [1.807, 2.05) is 12.1 Å². The first-order valence-corrected chi connectivity index (χ1v) is 7.99. The number of rotatable bonds is 3. The molecule has 0 spiro atoms. The Bertz CT molecular complexity index is 553. The van der Waals surface area contributed by atoms with Gasteiger partial charge in [-0.3, -0.25) is 0 Å². The molecule has 3 heteroatoms. The quantitative estimate of drug-likeness (QED) is 0.791. The topological polar surface area (TPSA) is 20.2 Å². The largest absolute Gasteiger partial charge is 0.508 e. The van der Waals surface area contributed by atoms with E-state index in [0.717, 1.165) is 22.2 Å². The van der Waals surface area contributed by atoms with Gasteiger partial charge in [-0.15, -0.1) is 11.3 Å². The number of benzene rings is 1. The molecule has 1 N–H and O–H groups in total. The molecule has 0 amide bonds. The molecular weight excluding hydrogens is 276 g/mol. The number of thiophene rings is 1. The van der Waals surface area contributed by atoms with Gasteiger partial charge in [0.15, 0.2) is 0 Å². The molecule has 0 atom stereocenters. The van der Waals surface area contributed by atoms with Crippen molar-refractivity contribution in [3.8, 4) is 16.2 Å². The van der Waals surface area contributed by atoms with E-state index in [9.17, 15) is 5.11 Å². The van der Waals surface area contributed by atoms with Gasteiger partial charge in [-0.05, 0) is 53.8 Å². The van der Waals surface area contributed by atoms with E-state index in [1.165, 1.54) is 36.1 Å². The minimum Gasteiger partial charge on any atom is -0.508 e. The highest BCUT2D eigenvalue weighted by Gasteiger charge is 2.19. The Kier molecular flexibility index (Phi) is 3.81. The molecule has 0 unspecified atom stereocenters. The summed E-state index contributed by atoms with van der Waals surface area (Å²) in [6.45, 7) is 0. The number of hydrogen-bond donors (Lipinski definition) is 1. The Hall–Kier alpha value is -0.990. The molecule has 1 heterocycles. The molecule has 1 aliphatic rings. The van der Waals surface area contributed by atoms with Crippen molar-refractivity contribution in [1.29, 1.82) is 0 Å². The molecule has 0 bridgehead atoms. The lowest BCUT2D eigenvalue weighted by atomic mass is 9.97. The zero-order chi connectivity index (χ0) is 13.2. The van der Waals surface area contributed by atoms with Crippen LogP contribution in [0.3, 0.4) is 0 Å². The zero-order valence-corrected chi connectivity index (χ0v) is 12.3. The molecule has 2 aromatic rings. The monoisotopic (exact) mass is 292 g/mol. The van der Waals surface area contributed by atoms with Crippen molar-refractivity contribution in [3.63, 3.8) is 0 Å². The predicted octanol–water partition coefficient (Wildman–Crippen LogP) is 5.51. The summed E-state index contributed by atoms with van der Waals surface area (Å²) < 4.78 is 0.857. The second kappa shape index (κ2) is 5.56. The highest BCUT2D eigenvalue weighted by molar-refractivity contribution is 7.19. The molecular formula is C16H17ClOS. The van der Waals surface area contributed by atoms with Gasteiger partial charge >= 0.3 is 0 Å². The van der Waals surface area contributed by atoms with Crippen LogP contribution in [0.1, 0.15) is 31.2 Å². The maximum Gasteiger partial charge on any atom is 0.115 e. The molecule has 1 nitrogen and oxygen atoms in total. The smallest absolute Gasteiger partial charge is 0.115 e. The second-order valence-electron chi connectivity index (χ2n) is 5.31. The maximum absolute atomic E-state index is 9.39.